The molecule has 1 N–H and O–H groups in total. The maximum atomic E-state index is 12.6. The van der Waals surface area contributed by atoms with Gasteiger partial charge < -0.3 is 14.5 Å². The fourth-order valence-electron chi connectivity index (χ4n) is 4.48. The molecule has 0 saturated carbocycles. The van der Waals surface area contributed by atoms with Crippen LogP contribution in [0.2, 0.25) is 0 Å². The molecule has 12 heteroatoms. The molecule has 1 aromatic carbocycles. The number of aromatic amines is 1. The summed E-state index contributed by atoms with van der Waals surface area (Å²) in [4.78, 5) is 27.2. The monoisotopic (exact) mass is 524 g/mol. The highest BCUT2D eigenvalue weighted by molar-refractivity contribution is 7.91. The van der Waals surface area contributed by atoms with Gasteiger partial charge in [0, 0.05) is 48.1 Å². The van der Waals surface area contributed by atoms with E-state index in [2.05, 4.69) is 15.1 Å². The van der Waals surface area contributed by atoms with Gasteiger partial charge in [0.25, 0.3) is 0 Å². The molecule has 4 aromatic rings. The molecule has 0 bridgehead atoms. The highest BCUT2D eigenvalue weighted by atomic mass is 32.2. The van der Waals surface area contributed by atoms with Crippen molar-refractivity contribution in [1.29, 1.82) is 0 Å². The van der Waals surface area contributed by atoms with Gasteiger partial charge in [-0.05, 0) is 18.2 Å². The van der Waals surface area contributed by atoms with Crippen molar-refractivity contribution in [1.82, 2.24) is 25.1 Å². The minimum atomic E-state index is -3.04. The second-order valence-electron chi connectivity index (χ2n) is 8.78. The topological polar surface area (TPSA) is 121 Å². The van der Waals surface area contributed by atoms with Gasteiger partial charge in [0.2, 0.25) is 5.91 Å². The standard InChI is InChI=1S/C24H24N6O4S2/c31-21(29-8-12-36(32,33)13-9-29)5-4-16-14-20-22(35-16)24(30-6-10-34-11-7-30)27-23(26-20)17-2-1-3-19-18(17)15-25-28-19/h1-5,14-15H,6-13H2,(H,25,28)/b5-4+. The first-order chi connectivity index (χ1) is 17.5. The fraction of sp³-hybridized carbons (Fsp3) is 0.333. The Morgan fingerprint density at radius 1 is 1.11 bits per heavy atom. The predicted octanol–water partition coefficient (Wildman–Crippen LogP) is 2.34. The van der Waals surface area contributed by atoms with Crippen molar-refractivity contribution >= 4 is 60.1 Å². The van der Waals surface area contributed by atoms with Gasteiger partial charge in [0.15, 0.2) is 21.5 Å². The largest absolute Gasteiger partial charge is 0.378 e. The minimum Gasteiger partial charge on any atom is -0.378 e. The number of carbonyl (C=O) groups excluding carboxylic acids is 1. The van der Waals surface area contributed by atoms with E-state index in [9.17, 15) is 13.2 Å². The van der Waals surface area contributed by atoms with E-state index in [4.69, 9.17) is 14.7 Å². The van der Waals surface area contributed by atoms with Crippen LogP contribution >= 0.6 is 11.3 Å². The van der Waals surface area contributed by atoms with Crippen molar-refractivity contribution in [3.05, 3.63) is 41.4 Å². The van der Waals surface area contributed by atoms with E-state index in [0.717, 1.165) is 50.5 Å². The summed E-state index contributed by atoms with van der Waals surface area (Å²) in [6, 6.07) is 7.88. The summed E-state index contributed by atoms with van der Waals surface area (Å²) in [6.07, 6.45) is 5.07. The van der Waals surface area contributed by atoms with Crippen molar-refractivity contribution in [2.75, 3.05) is 55.8 Å². The van der Waals surface area contributed by atoms with E-state index in [0.29, 0.717) is 19.0 Å². The molecule has 2 aliphatic heterocycles. The molecule has 2 fully saturated rings. The molecule has 1 amide bonds. The molecule has 5 heterocycles. The molecule has 2 saturated heterocycles. The Morgan fingerprint density at radius 2 is 1.92 bits per heavy atom. The number of carbonyl (C=O) groups is 1. The molecule has 186 valence electrons. The number of hydrogen-bond donors (Lipinski definition) is 1. The van der Waals surface area contributed by atoms with Crippen LogP contribution in [0.5, 0.6) is 0 Å². The third-order valence-corrected chi connectivity index (χ3v) is 9.15. The lowest BCUT2D eigenvalue weighted by Gasteiger charge is -2.28. The highest BCUT2D eigenvalue weighted by Crippen LogP contribution is 2.36. The molecule has 10 nitrogen and oxygen atoms in total. The zero-order valence-electron chi connectivity index (χ0n) is 19.4. The van der Waals surface area contributed by atoms with Gasteiger partial charge in [-0.3, -0.25) is 9.89 Å². The lowest BCUT2D eigenvalue weighted by Crippen LogP contribution is -2.43. The van der Waals surface area contributed by atoms with Crippen LogP contribution in [-0.4, -0.2) is 90.3 Å². The number of anilines is 1. The molecule has 36 heavy (non-hydrogen) atoms. The third-order valence-electron chi connectivity index (χ3n) is 6.46. The summed E-state index contributed by atoms with van der Waals surface area (Å²) >= 11 is 1.54. The van der Waals surface area contributed by atoms with Crippen LogP contribution in [0.25, 0.3) is 38.6 Å². The van der Waals surface area contributed by atoms with Gasteiger partial charge in [0.05, 0.1) is 46.6 Å². The average Bonchev–Trinajstić information content (AvgIpc) is 3.54. The summed E-state index contributed by atoms with van der Waals surface area (Å²) < 4.78 is 29.8. The molecule has 3 aromatic heterocycles. The Balaban J connectivity index is 1.37. The Morgan fingerprint density at radius 3 is 2.72 bits per heavy atom. The summed E-state index contributed by atoms with van der Waals surface area (Å²) in [5.41, 5.74) is 2.63. The number of sulfone groups is 1. The number of nitrogens with one attached hydrogen (secondary N) is 1. The minimum absolute atomic E-state index is 0.0140. The first-order valence-electron chi connectivity index (χ1n) is 11.7. The zero-order valence-corrected chi connectivity index (χ0v) is 21.0. The van der Waals surface area contributed by atoms with Gasteiger partial charge in [-0.2, -0.15) is 5.10 Å². The van der Waals surface area contributed by atoms with Gasteiger partial charge >= 0.3 is 0 Å². The number of fused-ring (bicyclic) bond motifs is 2. The molecule has 0 radical (unpaired) electrons. The third kappa shape index (κ3) is 4.47. The number of ether oxygens (including phenoxy) is 1. The number of thiophene rings is 1. The van der Waals surface area contributed by atoms with E-state index < -0.39 is 9.84 Å². The summed E-state index contributed by atoms with van der Waals surface area (Å²) in [7, 11) is -3.04. The normalized spacial score (nSPS) is 18.4. The molecule has 2 aliphatic rings. The first-order valence-corrected chi connectivity index (χ1v) is 14.3. The van der Waals surface area contributed by atoms with Crippen LogP contribution in [0.3, 0.4) is 0 Å². The highest BCUT2D eigenvalue weighted by Gasteiger charge is 2.24. The Labute approximate surface area is 211 Å². The second kappa shape index (κ2) is 9.26. The quantitative estimate of drug-likeness (QED) is 0.404. The summed E-state index contributed by atoms with van der Waals surface area (Å²) in [5.74, 6) is 1.32. The molecule has 0 atom stereocenters. The first kappa shape index (κ1) is 23.1. The van der Waals surface area contributed by atoms with Gasteiger partial charge in [-0.15, -0.1) is 11.3 Å². The zero-order chi connectivity index (χ0) is 24.7. The van der Waals surface area contributed by atoms with E-state index in [1.54, 1.807) is 17.2 Å². The molecule has 0 unspecified atom stereocenters. The second-order valence-corrected chi connectivity index (χ2v) is 12.2. The summed E-state index contributed by atoms with van der Waals surface area (Å²) in [5, 5.41) is 8.12. The smallest absolute Gasteiger partial charge is 0.246 e. The van der Waals surface area contributed by atoms with Crippen LogP contribution < -0.4 is 4.90 Å². The van der Waals surface area contributed by atoms with Crippen LogP contribution in [0, 0.1) is 0 Å². The number of nitrogens with zero attached hydrogens (tertiary/aromatic N) is 5. The Hall–Kier alpha value is -3.35. The number of aromatic nitrogens is 4. The van der Waals surface area contributed by atoms with Crippen molar-refractivity contribution in [2.24, 2.45) is 0 Å². The molecule has 0 aliphatic carbocycles. The lowest BCUT2D eigenvalue weighted by atomic mass is 10.1. The Kier molecular flexibility index (Phi) is 5.94. The number of rotatable bonds is 4. The maximum Gasteiger partial charge on any atom is 0.246 e. The average molecular weight is 525 g/mol. The number of amides is 1. The van der Waals surface area contributed by atoms with Gasteiger partial charge in [-0.25, -0.2) is 18.4 Å². The van der Waals surface area contributed by atoms with Crippen molar-refractivity contribution in [2.45, 2.75) is 0 Å². The van der Waals surface area contributed by atoms with E-state index in [-0.39, 0.29) is 30.5 Å². The lowest BCUT2D eigenvalue weighted by molar-refractivity contribution is -0.125. The number of morpholine rings is 1. The predicted molar refractivity (Wildman–Crippen MR) is 140 cm³/mol. The van der Waals surface area contributed by atoms with E-state index in [1.165, 1.54) is 17.4 Å². The number of hydrogen-bond acceptors (Lipinski definition) is 9. The molecule has 6 rings (SSSR count). The fourth-order valence-corrected chi connectivity index (χ4v) is 6.70. The summed E-state index contributed by atoms with van der Waals surface area (Å²) in [6.45, 7) is 3.20. The maximum absolute atomic E-state index is 12.6. The SMILES string of the molecule is O=C(/C=C/c1cc2nc(-c3cccc4[nH]ncc34)nc(N3CCOCC3)c2s1)N1CCS(=O)(=O)CC1. The number of benzene rings is 1. The van der Waals surface area contributed by atoms with Crippen LogP contribution in [0.1, 0.15) is 4.88 Å². The Bertz CT molecular complexity index is 1570. The number of H-pyrrole nitrogens is 1. The molecular weight excluding hydrogens is 500 g/mol. The van der Waals surface area contributed by atoms with Gasteiger partial charge in [0.1, 0.15) is 0 Å². The molecule has 0 spiro atoms. The van der Waals surface area contributed by atoms with E-state index >= 15 is 0 Å². The van der Waals surface area contributed by atoms with Crippen molar-refractivity contribution < 1.29 is 17.9 Å². The van der Waals surface area contributed by atoms with Crippen LogP contribution in [0.4, 0.5) is 5.82 Å². The van der Waals surface area contributed by atoms with Crippen LogP contribution in [-0.2, 0) is 19.4 Å². The van der Waals surface area contributed by atoms with Gasteiger partial charge in [-0.1, -0.05) is 12.1 Å². The van der Waals surface area contributed by atoms with Crippen molar-refractivity contribution in [3.63, 3.8) is 0 Å². The molecular formula is C24H24N6O4S2. The van der Waals surface area contributed by atoms with E-state index in [1.807, 2.05) is 24.3 Å². The van der Waals surface area contributed by atoms with Crippen LogP contribution in [0.15, 0.2) is 36.5 Å². The van der Waals surface area contributed by atoms with Crippen molar-refractivity contribution in [3.8, 4) is 11.4 Å².